The maximum absolute atomic E-state index is 11.6. The van der Waals surface area contributed by atoms with Crippen molar-refractivity contribution in [1.82, 2.24) is 4.98 Å². The van der Waals surface area contributed by atoms with Crippen LogP contribution in [-0.4, -0.2) is 18.0 Å². The number of nitrogens with one attached hydrogen (secondary N) is 1. The van der Waals surface area contributed by atoms with Crippen molar-refractivity contribution in [1.29, 1.82) is 0 Å². The molecule has 2 heterocycles. The zero-order valence-corrected chi connectivity index (χ0v) is 15.8. The summed E-state index contributed by atoms with van der Waals surface area (Å²) in [5, 5.41) is 2.96. The number of anilines is 1. The first-order valence-corrected chi connectivity index (χ1v) is 9.38. The number of rotatable bonds is 5. The minimum absolute atomic E-state index is 0.0876. The van der Waals surface area contributed by atoms with Gasteiger partial charge in [0.2, 0.25) is 5.91 Å². The summed E-state index contributed by atoms with van der Waals surface area (Å²) in [7, 11) is 1.67. The number of amides is 1. The van der Waals surface area contributed by atoms with E-state index in [0.29, 0.717) is 6.42 Å². The molecule has 28 heavy (non-hydrogen) atoms. The summed E-state index contributed by atoms with van der Waals surface area (Å²) in [6.07, 6.45) is 7.99. The molecule has 0 spiro atoms. The Kier molecular flexibility index (Phi) is 5.20. The number of aryl methyl sites for hydroxylation is 1. The second-order valence-corrected chi connectivity index (χ2v) is 6.90. The van der Waals surface area contributed by atoms with Crippen molar-refractivity contribution in [3.05, 3.63) is 89.2 Å². The first-order valence-electron chi connectivity index (χ1n) is 9.38. The average molecular weight is 370 g/mol. The lowest BCUT2D eigenvalue weighted by molar-refractivity contribution is -0.116. The fourth-order valence-electron chi connectivity index (χ4n) is 3.44. The minimum atomic E-state index is 0.0876. The molecule has 3 aromatic rings. The van der Waals surface area contributed by atoms with Crippen molar-refractivity contribution in [3.8, 4) is 5.75 Å². The number of pyridine rings is 1. The fourth-order valence-corrected chi connectivity index (χ4v) is 3.44. The number of ether oxygens (including phenoxy) is 1. The van der Waals surface area contributed by atoms with Crippen LogP contribution in [-0.2, 0) is 17.6 Å². The summed E-state index contributed by atoms with van der Waals surface area (Å²) >= 11 is 0. The molecule has 1 aliphatic rings. The zero-order chi connectivity index (χ0) is 19.3. The van der Waals surface area contributed by atoms with E-state index >= 15 is 0 Å². The summed E-state index contributed by atoms with van der Waals surface area (Å²) in [6, 6.07) is 18.4. The van der Waals surface area contributed by atoms with Crippen LogP contribution in [0.4, 0.5) is 5.69 Å². The normalized spacial score (nSPS) is 13.6. The van der Waals surface area contributed by atoms with Crippen molar-refractivity contribution in [3.63, 3.8) is 0 Å². The van der Waals surface area contributed by atoms with E-state index in [9.17, 15) is 4.79 Å². The highest BCUT2D eigenvalue weighted by atomic mass is 16.5. The van der Waals surface area contributed by atoms with E-state index in [4.69, 9.17) is 4.74 Å². The number of nitrogens with zero attached hydrogens (tertiary/aromatic N) is 1. The molecular weight excluding hydrogens is 348 g/mol. The second-order valence-electron chi connectivity index (χ2n) is 6.90. The van der Waals surface area contributed by atoms with E-state index in [0.717, 1.165) is 41.0 Å². The Morgan fingerprint density at radius 3 is 2.75 bits per heavy atom. The van der Waals surface area contributed by atoms with Crippen LogP contribution in [0.2, 0.25) is 0 Å². The van der Waals surface area contributed by atoms with Crippen molar-refractivity contribution in [2.24, 2.45) is 0 Å². The van der Waals surface area contributed by atoms with Gasteiger partial charge in [0.25, 0.3) is 0 Å². The van der Waals surface area contributed by atoms with E-state index in [1.54, 1.807) is 13.3 Å². The van der Waals surface area contributed by atoms with Crippen LogP contribution in [0.15, 0.2) is 67.0 Å². The van der Waals surface area contributed by atoms with Gasteiger partial charge < -0.3 is 10.1 Å². The lowest BCUT2D eigenvalue weighted by Crippen LogP contribution is -2.18. The highest BCUT2D eigenvalue weighted by molar-refractivity contribution is 5.94. The first-order chi connectivity index (χ1) is 13.7. The van der Waals surface area contributed by atoms with Gasteiger partial charge in [0, 0.05) is 24.5 Å². The third kappa shape index (κ3) is 4.12. The van der Waals surface area contributed by atoms with Gasteiger partial charge in [-0.1, -0.05) is 30.3 Å². The quantitative estimate of drug-likeness (QED) is 0.659. The number of aromatic nitrogens is 1. The number of allylic oxidation sites excluding steroid dienone is 1. The van der Waals surface area contributed by atoms with Gasteiger partial charge in [0.05, 0.1) is 7.11 Å². The maximum Gasteiger partial charge on any atom is 0.224 e. The third-order valence-corrected chi connectivity index (χ3v) is 4.95. The van der Waals surface area contributed by atoms with Crippen LogP contribution < -0.4 is 10.1 Å². The third-order valence-electron chi connectivity index (χ3n) is 4.95. The Morgan fingerprint density at radius 2 is 2.00 bits per heavy atom. The molecule has 0 atom stereocenters. The van der Waals surface area contributed by atoms with Gasteiger partial charge in [-0.25, -0.2) is 0 Å². The van der Waals surface area contributed by atoms with Crippen molar-refractivity contribution >= 4 is 23.2 Å². The van der Waals surface area contributed by atoms with Crippen LogP contribution in [0, 0.1) is 0 Å². The average Bonchev–Trinajstić information content (AvgIpc) is 2.74. The van der Waals surface area contributed by atoms with Gasteiger partial charge in [0.15, 0.2) is 0 Å². The Labute approximate surface area is 164 Å². The van der Waals surface area contributed by atoms with Crippen LogP contribution in [0.5, 0.6) is 5.75 Å². The number of fused-ring (bicyclic) bond motifs is 1. The summed E-state index contributed by atoms with van der Waals surface area (Å²) in [6.45, 7) is 0. The van der Waals surface area contributed by atoms with Gasteiger partial charge >= 0.3 is 0 Å². The van der Waals surface area contributed by atoms with E-state index in [-0.39, 0.29) is 5.91 Å². The molecule has 2 aromatic carbocycles. The van der Waals surface area contributed by atoms with Gasteiger partial charge in [0.1, 0.15) is 5.75 Å². The number of hydrogen-bond donors (Lipinski definition) is 1. The number of hydrogen-bond acceptors (Lipinski definition) is 3. The molecule has 0 saturated carbocycles. The van der Waals surface area contributed by atoms with E-state index in [2.05, 4.69) is 46.7 Å². The molecule has 0 saturated heterocycles. The standard InChI is InChI=1S/C24H22N2O2/c1-28-22-8-4-17(5-9-22)13-21(14-18-3-2-12-25-16-18)19-6-10-23-20(15-19)7-11-24(27)26-23/h2-6,8-10,12-13,15-16H,7,11,14H2,1H3,(H,26,27)/b21-13+. The molecule has 0 aliphatic carbocycles. The van der Waals surface area contributed by atoms with Crippen LogP contribution in [0.1, 0.15) is 28.7 Å². The smallest absolute Gasteiger partial charge is 0.224 e. The Balaban J connectivity index is 1.72. The Hall–Kier alpha value is -3.40. The zero-order valence-electron chi connectivity index (χ0n) is 15.8. The summed E-state index contributed by atoms with van der Waals surface area (Å²) < 4.78 is 5.26. The highest BCUT2D eigenvalue weighted by Crippen LogP contribution is 2.29. The van der Waals surface area contributed by atoms with Crippen molar-refractivity contribution in [2.45, 2.75) is 19.3 Å². The lowest BCUT2D eigenvalue weighted by Gasteiger charge is -2.18. The Bertz CT molecular complexity index is 1010. The molecule has 1 amide bonds. The molecule has 4 rings (SSSR count). The molecule has 0 bridgehead atoms. The van der Waals surface area contributed by atoms with Gasteiger partial charge in [-0.05, 0) is 71.0 Å². The van der Waals surface area contributed by atoms with Crippen LogP contribution >= 0.6 is 0 Å². The number of carbonyl (C=O) groups is 1. The van der Waals surface area contributed by atoms with Gasteiger partial charge in [-0.2, -0.15) is 0 Å². The van der Waals surface area contributed by atoms with Crippen molar-refractivity contribution < 1.29 is 9.53 Å². The molecule has 0 radical (unpaired) electrons. The number of methoxy groups -OCH3 is 1. The maximum atomic E-state index is 11.6. The predicted molar refractivity (Wildman–Crippen MR) is 112 cm³/mol. The van der Waals surface area contributed by atoms with E-state index in [1.165, 1.54) is 11.1 Å². The van der Waals surface area contributed by atoms with Crippen LogP contribution in [0.3, 0.4) is 0 Å². The SMILES string of the molecule is COc1ccc(/C=C(\Cc2cccnc2)c2ccc3c(c2)CCC(=O)N3)cc1. The highest BCUT2D eigenvalue weighted by Gasteiger charge is 2.16. The largest absolute Gasteiger partial charge is 0.497 e. The molecular formula is C24H22N2O2. The molecule has 140 valence electrons. The number of carbonyl (C=O) groups excluding carboxylic acids is 1. The monoisotopic (exact) mass is 370 g/mol. The van der Waals surface area contributed by atoms with E-state index < -0.39 is 0 Å². The topological polar surface area (TPSA) is 51.2 Å². The summed E-state index contributed by atoms with van der Waals surface area (Å²) in [5.41, 5.74) is 6.75. The molecule has 1 aliphatic heterocycles. The van der Waals surface area contributed by atoms with E-state index in [1.807, 2.05) is 30.5 Å². The predicted octanol–water partition coefficient (Wildman–Crippen LogP) is 4.76. The number of benzene rings is 2. The molecule has 0 fully saturated rings. The molecule has 0 unspecified atom stereocenters. The molecule has 1 N–H and O–H groups in total. The molecule has 4 heteroatoms. The summed E-state index contributed by atoms with van der Waals surface area (Å²) in [5.74, 6) is 0.931. The minimum Gasteiger partial charge on any atom is -0.497 e. The Morgan fingerprint density at radius 1 is 1.14 bits per heavy atom. The van der Waals surface area contributed by atoms with Crippen LogP contribution in [0.25, 0.3) is 11.6 Å². The van der Waals surface area contributed by atoms with Gasteiger partial charge in [-0.3, -0.25) is 9.78 Å². The van der Waals surface area contributed by atoms with Gasteiger partial charge in [-0.15, -0.1) is 0 Å². The summed E-state index contributed by atoms with van der Waals surface area (Å²) in [4.78, 5) is 15.9. The lowest BCUT2D eigenvalue weighted by atomic mass is 9.93. The first kappa shape index (κ1) is 18.0. The second kappa shape index (κ2) is 8.09. The fraction of sp³-hybridized carbons (Fsp3) is 0.167. The van der Waals surface area contributed by atoms with Crippen molar-refractivity contribution in [2.75, 3.05) is 12.4 Å². The molecule has 1 aromatic heterocycles. The molecule has 4 nitrogen and oxygen atoms in total.